The molecule has 14 nitrogen and oxygen atoms in total. The van der Waals surface area contributed by atoms with Crippen LogP contribution in [0.2, 0.25) is 0 Å². The number of rotatable bonds is 14. The number of pyridine rings is 1. The highest BCUT2D eigenvalue weighted by molar-refractivity contribution is 7.15. The number of ether oxygens (including phenoxy) is 2. The molecule has 2 amide bonds. The van der Waals surface area contributed by atoms with E-state index in [0.717, 1.165) is 60.4 Å². The number of likely N-dealkylation sites (tertiary alicyclic amines) is 1. The number of Topliss-reactive ketones (excluding diaryl/α,β-unsaturated/α-hetero) is 1. The van der Waals surface area contributed by atoms with E-state index in [-0.39, 0.29) is 67.4 Å². The number of nitrogens with zero attached hydrogens (tertiary/aromatic N) is 6. The molecule has 2 aromatic carbocycles. The van der Waals surface area contributed by atoms with Gasteiger partial charge in [-0.15, -0.1) is 32.9 Å². The van der Waals surface area contributed by atoms with Gasteiger partial charge in [0.15, 0.2) is 5.82 Å². The van der Waals surface area contributed by atoms with Crippen molar-refractivity contribution >= 4 is 52.0 Å². The van der Waals surface area contributed by atoms with E-state index in [2.05, 4.69) is 64.8 Å². The predicted octanol–water partition coefficient (Wildman–Crippen LogP) is 9.43. The number of esters is 1. The molecular weight excluding hydrogens is 935 g/mol. The van der Waals surface area contributed by atoms with Crippen molar-refractivity contribution in [3.63, 3.8) is 0 Å². The van der Waals surface area contributed by atoms with Gasteiger partial charge >= 0.3 is 5.97 Å². The van der Waals surface area contributed by atoms with Crippen LogP contribution in [0.4, 0.5) is 0 Å². The Balaban J connectivity index is 0.806. The first kappa shape index (κ1) is 49.6. The van der Waals surface area contributed by atoms with Crippen molar-refractivity contribution in [1.82, 2.24) is 30.0 Å². The number of β-amino-alcohol motifs (C(OH)–C–C–N with tert-alkyl or cyclic N) is 1. The van der Waals surface area contributed by atoms with Gasteiger partial charge in [0, 0.05) is 69.9 Å². The molecule has 1 saturated carbocycles. The largest absolute Gasteiger partial charge is 0.474 e. The van der Waals surface area contributed by atoms with Gasteiger partial charge in [-0.25, -0.2) is 4.98 Å². The van der Waals surface area contributed by atoms with E-state index < -0.39 is 29.5 Å². The second-order valence-corrected chi connectivity index (χ2v) is 22.4. The van der Waals surface area contributed by atoms with E-state index in [9.17, 15) is 24.3 Å². The molecule has 9 rings (SSSR count). The van der Waals surface area contributed by atoms with Gasteiger partial charge in [0.25, 0.3) is 0 Å². The molecule has 6 aromatic rings. The zero-order valence-corrected chi connectivity index (χ0v) is 43.3. The Bertz CT molecular complexity index is 3000. The lowest BCUT2D eigenvalue weighted by atomic mass is 9.71. The average molecular weight is 996 g/mol. The number of aryl methyl sites for hydroxylation is 3. The van der Waals surface area contributed by atoms with Gasteiger partial charge in [-0.05, 0) is 98.2 Å². The fourth-order valence-electron chi connectivity index (χ4n) is 9.93. The number of aliphatic hydroxyl groups is 1. The first-order chi connectivity index (χ1) is 33.9. The Kier molecular flexibility index (Phi) is 14.0. The molecule has 0 radical (unpaired) electrons. The van der Waals surface area contributed by atoms with Crippen LogP contribution in [-0.4, -0.2) is 90.9 Å². The van der Waals surface area contributed by atoms with Gasteiger partial charge in [-0.2, -0.15) is 0 Å². The summed E-state index contributed by atoms with van der Waals surface area (Å²) in [5.41, 5.74) is 8.33. The summed E-state index contributed by atoms with van der Waals surface area (Å²) in [5, 5.41) is 25.7. The first-order valence-corrected chi connectivity index (χ1v) is 25.9. The number of nitrogens with one attached hydrogen (secondary N) is 1. The number of hydrogen-bond acceptors (Lipinski definition) is 13. The summed E-state index contributed by atoms with van der Waals surface area (Å²) < 4.78 is 13.3. The summed E-state index contributed by atoms with van der Waals surface area (Å²) >= 11 is 3.35. The molecule has 2 fully saturated rings. The summed E-state index contributed by atoms with van der Waals surface area (Å²) in [6.45, 7) is 16.0. The van der Waals surface area contributed by atoms with Gasteiger partial charge in [0.1, 0.15) is 34.8 Å². The molecule has 0 bridgehead atoms. The molecule has 4 aromatic heterocycles. The third-order valence-corrected chi connectivity index (χ3v) is 16.7. The maximum Gasteiger partial charge on any atom is 0.308 e. The first-order valence-electron chi connectivity index (χ1n) is 24.2. The quantitative estimate of drug-likeness (QED) is 0.1000. The molecule has 71 heavy (non-hydrogen) atoms. The lowest BCUT2D eigenvalue weighted by molar-refractivity contribution is -0.147. The molecule has 5 atom stereocenters. The third kappa shape index (κ3) is 10.1. The molecule has 2 N–H and O–H groups in total. The topological polar surface area (TPSA) is 178 Å². The smallest absolute Gasteiger partial charge is 0.308 e. The summed E-state index contributed by atoms with van der Waals surface area (Å²) in [7, 11) is 1.37. The number of methoxy groups -OCH3 is 1. The molecule has 6 heterocycles. The van der Waals surface area contributed by atoms with Gasteiger partial charge in [-0.3, -0.25) is 28.7 Å². The zero-order chi connectivity index (χ0) is 50.5. The number of ketones is 1. The summed E-state index contributed by atoms with van der Waals surface area (Å²) in [5.74, 6) is -0.153. The zero-order valence-electron chi connectivity index (χ0n) is 41.7. The summed E-state index contributed by atoms with van der Waals surface area (Å²) in [6.07, 6.45) is 1.96. The maximum atomic E-state index is 14.4. The minimum Gasteiger partial charge on any atom is -0.474 e. The second kappa shape index (κ2) is 20.0. The Labute approximate surface area is 422 Å². The van der Waals surface area contributed by atoms with E-state index in [0.29, 0.717) is 24.5 Å². The van der Waals surface area contributed by atoms with Gasteiger partial charge in [0.2, 0.25) is 17.7 Å². The minimum absolute atomic E-state index is 0.00664. The van der Waals surface area contributed by atoms with Crippen molar-refractivity contribution in [2.45, 2.75) is 118 Å². The van der Waals surface area contributed by atoms with Gasteiger partial charge in [-0.1, -0.05) is 69.3 Å². The van der Waals surface area contributed by atoms with E-state index in [1.165, 1.54) is 22.5 Å². The highest BCUT2D eigenvalue weighted by atomic mass is 32.1. The Morgan fingerprint density at radius 3 is 2.23 bits per heavy atom. The van der Waals surface area contributed by atoms with Crippen molar-refractivity contribution in [2.75, 3.05) is 13.7 Å². The van der Waals surface area contributed by atoms with E-state index in [1.807, 2.05) is 87.7 Å². The van der Waals surface area contributed by atoms with E-state index >= 15 is 0 Å². The van der Waals surface area contributed by atoms with Crippen LogP contribution in [0, 0.1) is 44.9 Å². The molecule has 0 spiro atoms. The summed E-state index contributed by atoms with van der Waals surface area (Å²) in [4.78, 5) is 68.2. The molecule has 2 aliphatic heterocycles. The van der Waals surface area contributed by atoms with Crippen molar-refractivity contribution in [3.05, 3.63) is 123 Å². The third-order valence-electron chi connectivity index (χ3n) is 14.4. The standard InChI is InChI=1S/C55H61N7O7S2/c1-29-20-21-70-50(29)37-16-10-34(11-17-37)31(3)57-52(66)44-24-40(63)28-61(44)53(67)42(55(6,7)8)25-45(64)39-22-41(23-39)69-46-19-18-38(27-56-46)35-12-14-36(15-13-35)49-48-30(2)32(4)71-54(48)62-33(5)59-60-51(62)43(58-49)26-47(65)68-9/h10-21,27,31,39-44,63H,22-26,28H2,1-9H3,(H,57,66)/t31-,39?,40+,41?,42+,43-,44-/m0/s1. The number of carbonyl (C=O) groups is 4. The molecule has 0 unspecified atom stereocenters. The fraction of sp³-hybridized carbons (Fsp3) is 0.418. The Morgan fingerprint density at radius 1 is 0.887 bits per heavy atom. The number of fused-ring (bicyclic) bond motifs is 3. The Hall–Kier alpha value is -6.36. The van der Waals surface area contributed by atoms with Crippen LogP contribution in [0.1, 0.15) is 116 Å². The van der Waals surface area contributed by atoms with Crippen LogP contribution in [0.5, 0.6) is 5.88 Å². The molecule has 16 heteroatoms. The van der Waals surface area contributed by atoms with Crippen LogP contribution in [0.15, 0.2) is 83.3 Å². The maximum absolute atomic E-state index is 14.4. The monoisotopic (exact) mass is 995 g/mol. The van der Waals surface area contributed by atoms with Crippen molar-refractivity contribution in [2.24, 2.45) is 22.2 Å². The highest BCUT2D eigenvalue weighted by Crippen LogP contribution is 2.41. The van der Waals surface area contributed by atoms with Gasteiger partial charge in [0.05, 0.1) is 31.4 Å². The number of aromatic nitrogens is 4. The molecule has 1 saturated heterocycles. The number of thiophene rings is 2. The van der Waals surface area contributed by atoms with Crippen LogP contribution >= 0.6 is 22.7 Å². The summed E-state index contributed by atoms with van der Waals surface area (Å²) in [6, 6.07) is 20.4. The fourth-order valence-corrected chi connectivity index (χ4v) is 12.1. The number of amides is 2. The van der Waals surface area contributed by atoms with Crippen LogP contribution in [-0.2, 0) is 23.9 Å². The number of aliphatic hydroxyl groups excluding tert-OH is 1. The van der Waals surface area contributed by atoms with Gasteiger partial charge < -0.3 is 24.8 Å². The van der Waals surface area contributed by atoms with Crippen LogP contribution in [0.3, 0.4) is 0 Å². The van der Waals surface area contributed by atoms with Crippen molar-refractivity contribution in [3.8, 4) is 32.4 Å². The number of carbonyl (C=O) groups excluding carboxylic acids is 4. The molecule has 1 aliphatic carbocycles. The van der Waals surface area contributed by atoms with Crippen LogP contribution < -0.4 is 10.1 Å². The van der Waals surface area contributed by atoms with E-state index in [1.54, 1.807) is 28.9 Å². The second-order valence-electron chi connectivity index (χ2n) is 20.3. The van der Waals surface area contributed by atoms with Crippen molar-refractivity contribution < 1.29 is 33.8 Å². The lowest BCUT2D eigenvalue weighted by Gasteiger charge is -2.38. The normalized spacial score (nSPS) is 20.5. The molecule has 370 valence electrons. The number of benzene rings is 2. The lowest BCUT2D eigenvalue weighted by Crippen LogP contribution is -2.51. The predicted molar refractivity (Wildman–Crippen MR) is 275 cm³/mol. The van der Waals surface area contributed by atoms with Crippen LogP contribution in [0.25, 0.3) is 26.6 Å². The number of hydrogen-bond donors (Lipinski definition) is 2. The number of aliphatic imine (C=N–C) groups is 1. The Morgan fingerprint density at radius 2 is 1.58 bits per heavy atom. The highest BCUT2D eigenvalue weighted by Gasteiger charge is 2.46. The molecular formula is C55H61N7O7S2. The SMILES string of the molecule is COC(=O)C[C@@H]1N=C(c2ccc(-c3ccc(OC4CC(C(=O)C[C@H](C(=O)N5C[C@H](O)C[C@H]5C(=O)N[C@@H](C)c5ccc(-c6sccc6C)cc5)C(C)(C)C)C4)nc3)cc2)c2c(sc(C)c2C)-n2c(C)nnc21. The molecule has 3 aliphatic rings. The van der Waals surface area contributed by atoms with E-state index in [4.69, 9.17) is 14.5 Å². The van der Waals surface area contributed by atoms with Crippen molar-refractivity contribution in [1.29, 1.82) is 0 Å². The minimum atomic E-state index is -0.846. The average Bonchev–Trinajstić information content (AvgIpc) is 4.10.